The van der Waals surface area contributed by atoms with Crippen LogP contribution >= 0.6 is 0 Å². The van der Waals surface area contributed by atoms with E-state index in [2.05, 4.69) is 17.3 Å². The van der Waals surface area contributed by atoms with E-state index in [0.717, 1.165) is 18.4 Å². The molecule has 0 saturated carbocycles. The monoisotopic (exact) mass is 407 g/mol. The van der Waals surface area contributed by atoms with Crippen LogP contribution in [0, 0.1) is 0 Å². The summed E-state index contributed by atoms with van der Waals surface area (Å²) in [5, 5.41) is 8.46. The van der Waals surface area contributed by atoms with Gasteiger partial charge in [0.15, 0.2) is 17.2 Å². The van der Waals surface area contributed by atoms with Gasteiger partial charge in [-0.3, -0.25) is 9.59 Å². The highest BCUT2D eigenvalue weighted by Gasteiger charge is 2.20. The molecule has 1 N–H and O–H groups in total. The fourth-order valence-corrected chi connectivity index (χ4v) is 3.54. The minimum Gasteiger partial charge on any atom is -0.486 e. The van der Waals surface area contributed by atoms with Gasteiger partial charge in [-0.05, 0) is 37.1 Å². The number of hydrogen-bond acceptors (Lipinski definition) is 5. The highest BCUT2D eigenvalue weighted by molar-refractivity contribution is 6.04. The predicted molar refractivity (Wildman–Crippen MR) is 114 cm³/mol. The molecule has 0 fully saturated rings. The summed E-state index contributed by atoms with van der Waals surface area (Å²) in [7, 11) is 0. The highest BCUT2D eigenvalue weighted by Crippen LogP contribution is 2.32. The molecule has 0 bridgehead atoms. The average Bonchev–Trinajstić information content (AvgIpc) is 2.78. The molecule has 1 aliphatic rings. The quantitative estimate of drug-likeness (QED) is 0.677. The molecule has 0 unspecified atom stereocenters. The molecular weight excluding hydrogens is 382 g/mol. The second kappa shape index (κ2) is 8.57. The van der Waals surface area contributed by atoms with Crippen molar-refractivity contribution in [2.75, 3.05) is 13.2 Å². The Morgan fingerprint density at radius 3 is 2.63 bits per heavy atom. The molecule has 30 heavy (non-hydrogen) atoms. The van der Waals surface area contributed by atoms with Gasteiger partial charge >= 0.3 is 0 Å². The van der Waals surface area contributed by atoms with Crippen molar-refractivity contribution in [3.8, 4) is 11.5 Å². The maximum absolute atomic E-state index is 13.1. The van der Waals surface area contributed by atoms with Gasteiger partial charge in [-0.15, -0.1) is 0 Å². The topological polar surface area (TPSA) is 82.5 Å². The Labute approximate surface area is 174 Å². The van der Waals surface area contributed by atoms with E-state index < -0.39 is 0 Å². The molecule has 0 saturated heterocycles. The van der Waals surface area contributed by atoms with Gasteiger partial charge in [-0.25, -0.2) is 4.68 Å². The number of aryl methyl sites for hydroxylation is 1. The number of unbranched alkanes of at least 4 members (excludes halogenated alkanes) is 1. The molecule has 0 spiro atoms. The molecule has 1 atom stereocenters. The van der Waals surface area contributed by atoms with Gasteiger partial charge in [-0.1, -0.05) is 37.6 Å². The molecule has 7 heteroatoms. The molecule has 2 aromatic carbocycles. The van der Waals surface area contributed by atoms with Crippen molar-refractivity contribution in [3.63, 3.8) is 0 Å². The van der Waals surface area contributed by atoms with E-state index in [1.165, 1.54) is 4.68 Å². The number of carbonyl (C=O) groups excluding carboxylic acids is 1. The smallest absolute Gasteiger partial charge is 0.274 e. The van der Waals surface area contributed by atoms with Crippen molar-refractivity contribution in [1.82, 2.24) is 15.1 Å². The van der Waals surface area contributed by atoms with Crippen LogP contribution in [0.3, 0.4) is 0 Å². The van der Waals surface area contributed by atoms with Crippen molar-refractivity contribution < 1.29 is 14.3 Å². The number of nitrogens with one attached hydrogen (secondary N) is 1. The summed E-state index contributed by atoms with van der Waals surface area (Å²) in [6.07, 6.45) is 1.75. The first-order chi connectivity index (χ1) is 14.6. The van der Waals surface area contributed by atoms with Gasteiger partial charge < -0.3 is 14.8 Å². The first-order valence-corrected chi connectivity index (χ1v) is 10.3. The number of nitrogens with zero attached hydrogens (tertiary/aromatic N) is 2. The standard InChI is InChI=1S/C23H25N3O4/c1-3-4-11-26-23(28)18-8-6-5-7-17(18)21(25-26)22(27)24-15(2)16-9-10-19-20(14-16)30-13-12-29-19/h5-10,14-15H,3-4,11-13H2,1-2H3,(H,24,27)/t15-/m1/s1. The van der Waals surface area contributed by atoms with Crippen LogP contribution in [-0.2, 0) is 6.54 Å². The molecule has 0 aliphatic carbocycles. The zero-order chi connectivity index (χ0) is 21.1. The number of ether oxygens (including phenoxy) is 2. The predicted octanol–water partition coefficient (Wildman–Crippen LogP) is 3.46. The van der Waals surface area contributed by atoms with E-state index in [-0.39, 0.29) is 23.2 Å². The summed E-state index contributed by atoms with van der Waals surface area (Å²) in [6, 6.07) is 12.5. The van der Waals surface area contributed by atoms with Gasteiger partial charge in [0.1, 0.15) is 13.2 Å². The Morgan fingerprint density at radius 1 is 1.13 bits per heavy atom. The number of rotatable bonds is 6. The summed E-state index contributed by atoms with van der Waals surface area (Å²) in [4.78, 5) is 25.9. The van der Waals surface area contributed by atoms with Crippen LogP contribution in [0.5, 0.6) is 11.5 Å². The summed E-state index contributed by atoms with van der Waals surface area (Å²) >= 11 is 0. The lowest BCUT2D eigenvalue weighted by atomic mass is 10.1. The van der Waals surface area contributed by atoms with Gasteiger partial charge in [0.25, 0.3) is 11.5 Å². The summed E-state index contributed by atoms with van der Waals surface area (Å²) in [6.45, 7) is 5.48. The van der Waals surface area contributed by atoms with Gasteiger partial charge in [0.05, 0.1) is 11.4 Å². The maximum atomic E-state index is 13.1. The van der Waals surface area contributed by atoms with Crippen molar-refractivity contribution in [3.05, 3.63) is 64.1 Å². The maximum Gasteiger partial charge on any atom is 0.274 e. The minimum atomic E-state index is -0.321. The Kier molecular flexibility index (Phi) is 5.70. The molecule has 0 radical (unpaired) electrons. The second-order valence-corrected chi connectivity index (χ2v) is 7.37. The lowest BCUT2D eigenvalue weighted by Gasteiger charge is -2.21. The minimum absolute atomic E-state index is 0.171. The summed E-state index contributed by atoms with van der Waals surface area (Å²) in [5.74, 6) is 1.06. The Balaban J connectivity index is 1.64. The van der Waals surface area contributed by atoms with E-state index in [9.17, 15) is 9.59 Å². The number of amides is 1. The van der Waals surface area contributed by atoms with E-state index >= 15 is 0 Å². The SMILES string of the molecule is CCCCn1nc(C(=O)N[C@H](C)c2ccc3c(c2)OCCO3)c2ccccc2c1=O. The van der Waals surface area contributed by atoms with Gasteiger partial charge in [-0.2, -0.15) is 5.10 Å². The fraction of sp³-hybridized carbons (Fsp3) is 0.348. The third-order valence-electron chi connectivity index (χ3n) is 5.22. The van der Waals surface area contributed by atoms with Crippen molar-refractivity contribution in [2.45, 2.75) is 39.3 Å². The van der Waals surface area contributed by atoms with Crippen LogP contribution in [-0.4, -0.2) is 28.9 Å². The average molecular weight is 407 g/mol. The Bertz CT molecular complexity index is 1140. The zero-order valence-electron chi connectivity index (χ0n) is 17.2. The van der Waals surface area contributed by atoms with E-state index in [1.54, 1.807) is 24.3 Å². The molecule has 4 rings (SSSR count). The number of carbonyl (C=O) groups is 1. The van der Waals surface area contributed by atoms with Crippen molar-refractivity contribution >= 4 is 16.7 Å². The van der Waals surface area contributed by atoms with Gasteiger partial charge in [0.2, 0.25) is 0 Å². The molecule has 1 aromatic heterocycles. The molecule has 2 heterocycles. The number of aromatic nitrogens is 2. The number of benzene rings is 2. The highest BCUT2D eigenvalue weighted by atomic mass is 16.6. The number of hydrogen-bond donors (Lipinski definition) is 1. The van der Waals surface area contributed by atoms with Crippen molar-refractivity contribution in [2.24, 2.45) is 0 Å². The van der Waals surface area contributed by atoms with Crippen LogP contribution < -0.4 is 20.3 Å². The molecule has 3 aromatic rings. The first-order valence-electron chi connectivity index (χ1n) is 10.3. The largest absolute Gasteiger partial charge is 0.486 e. The molecule has 1 amide bonds. The van der Waals surface area contributed by atoms with Crippen LogP contribution in [0.4, 0.5) is 0 Å². The molecule has 1 aliphatic heterocycles. The fourth-order valence-electron chi connectivity index (χ4n) is 3.54. The van der Waals surface area contributed by atoms with Crippen LogP contribution in [0.1, 0.15) is 48.8 Å². The lowest BCUT2D eigenvalue weighted by molar-refractivity contribution is 0.0934. The van der Waals surface area contributed by atoms with E-state index in [1.807, 2.05) is 25.1 Å². The van der Waals surface area contributed by atoms with Crippen molar-refractivity contribution in [1.29, 1.82) is 0 Å². The summed E-state index contributed by atoms with van der Waals surface area (Å²) < 4.78 is 12.6. The zero-order valence-corrected chi connectivity index (χ0v) is 17.2. The van der Waals surface area contributed by atoms with E-state index in [0.29, 0.717) is 42.0 Å². The Morgan fingerprint density at radius 2 is 1.87 bits per heavy atom. The second-order valence-electron chi connectivity index (χ2n) is 7.37. The molecule has 156 valence electrons. The normalized spacial score (nSPS) is 13.8. The van der Waals surface area contributed by atoms with E-state index in [4.69, 9.17) is 9.47 Å². The van der Waals surface area contributed by atoms with Crippen LogP contribution in [0.25, 0.3) is 10.8 Å². The number of fused-ring (bicyclic) bond motifs is 2. The lowest BCUT2D eigenvalue weighted by Crippen LogP contribution is -2.32. The third kappa shape index (κ3) is 3.87. The third-order valence-corrected chi connectivity index (χ3v) is 5.22. The van der Waals surface area contributed by atoms with Crippen LogP contribution in [0.15, 0.2) is 47.3 Å². The molecular formula is C23H25N3O4. The first kappa shape index (κ1) is 19.9. The summed E-state index contributed by atoms with van der Waals surface area (Å²) in [5.41, 5.74) is 0.984. The molecule has 7 nitrogen and oxygen atoms in total. The Hall–Kier alpha value is -3.35. The van der Waals surface area contributed by atoms with Crippen LogP contribution in [0.2, 0.25) is 0 Å². The van der Waals surface area contributed by atoms with Gasteiger partial charge in [0, 0.05) is 11.9 Å².